The van der Waals surface area contributed by atoms with E-state index in [9.17, 15) is 0 Å². The minimum Gasteiger partial charge on any atom is -0.489 e. The highest BCUT2D eigenvalue weighted by atomic mass is 16.5. The molecule has 0 atom stereocenters. The molecule has 3 rings (SSSR count). The lowest BCUT2D eigenvalue weighted by Gasteiger charge is -2.23. The van der Waals surface area contributed by atoms with Crippen LogP contribution in [0.4, 0.5) is 0 Å². The minimum atomic E-state index is 0.329. The maximum absolute atomic E-state index is 8.01. The van der Waals surface area contributed by atoms with Crippen LogP contribution in [-0.4, -0.2) is 18.4 Å². The van der Waals surface area contributed by atoms with Gasteiger partial charge >= 0.3 is 0 Å². The fourth-order valence-electron chi connectivity index (χ4n) is 2.78. The Morgan fingerprint density at radius 2 is 2.06 bits per heavy atom. The third-order valence-corrected chi connectivity index (χ3v) is 3.72. The molecule has 1 heterocycles. The van der Waals surface area contributed by atoms with E-state index in [-0.39, 0.29) is 0 Å². The molecule has 1 aliphatic heterocycles. The monoisotopic (exact) mass is 245 g/mol. The van der Waals surface area contributed by atoms with E-state index in [2.05, 4.69) is 0 Å². The summed E-state index contributed by atoms with van der Waals surface area (Å²) in [4.78, 5) is 0. The molecular weight excluding hydrogens is 226 g/mol. The lowest BCUT2D eigenvalue weighted by atomic mass is 10.0. The molecule has 3 nitrogen and oxygen atoms in total. The molecule has 0 unspecified atom stereocenters. The van der Waals surface area contributed by atoms with Crippen molar-refractivity contribution in [1.29, 1.82) is 5.41 Å². The van der Waals surface area contributed by atoms with E-state index in [1.54, 1.807) is 0 Å². The molecule has 0 amide bonds. The molecule has 1 aromatic carbocycles. The fourth-order valence-corrected chi connectivity index (χ4v) is 2.78. The van der Waals surface area contributed by atoms with Gasteiger partial charge in [0, 0.05) is 17.7 Å². The van der Waals surface area contributed by atoms with Gasteiger partial charge in [0.25, 0.3) is 0 Å². The molecule has 0 radical (unpaired) electrons. The van der Waals surface area contributed by atoms with Crippen LogP contribution in [0.5, 0.6) is 11.5 Å². The molecule has 2 aliphatic rings. The number of benzene rings is 1. The van der Waals surface area contributed by atoms with Gasteiger partial charge in [-0.3, -0.25) is 0 Å². The minimum absolute atomic E-state index is 0.329. The number of hydrogen-bond acceptors (Lipinski definition) is 3. The second-order valence-corrected chi connectivity index (χ2v) is 5.24. The van der Waals surface area contributed by atoms with Gasteiger partial charge in [0.15, 0.2) is 11.5 Å². The highest BCUT2D eigenvalue weighted by Crippen LogP contribution is 2.38. The van der Waals surface area contributed by atoms with Gasteiger partial charge in [0.1, 0.15) is 0 Å². The highest BCUT2D eigenvalue weighted by Gasteiger charge is 2.24. The van der Waals surface area contributed by atoms with Crippen molar-refractivity contribution in [3.8, 4) is 11.5 Å². The van der Waals surface area contributed by atoms with Crippen molar-refractivity contribution in [1.82, 2.24) is 0 Å². The van der Waals surface area contributed by atoms with Crippen LogP contribution in [0.2, 0.25) is 0 Å². The molecule has 1 saturated carbocycles. The van der Waals surface area contributed by atoms with Gasteiger partial charge in [0.05, 0.1) is 12.7 Å². The number of aryl methyl sites for hydroxylation is 1. The summed E-state index contributed by atoms with van der Waals surface area (Å²) in [6.07, 6.45) is 5.82. The van der Waals surface area contributed by atoms with E-state index in [0.29, 0.717) is 24.8 Å². The van der Waals surface area contributed by atoms with Crippen molar-refractivity contribution in [3.05, 3.63) is 23.3 Å². The first-order chi connectivity index (χ1) is 8.74. The van der Waals surface area contributed by atoms with Gasteiger partial charge in [-0.15, -0.1) is 0 Å². The highest BCUT2D eigenvalue weighted by molar-refractivity contribution is 6.02. The van der Waals surface area contributed by atoms with Gasteiger partial charge in [-0.05, 0) is 50.3 Å². The molecule has 1 N–H and O–H groups in total. The summed E-state index contributed by atoms with van der Waals surface area (Å²) in [5.41, 5.74) is 2.71. The summed E-state index contributed by atoms with van der Waals surface area (Å²) in [5.74, 6) is 1.62. The predicted octanol–water partition coefficient (Wildman–Crippen LogP) is 3.47. The molecule has 1 aromatic rings. The summed E-state index contributed by atoms with van der Waals surface area (Å²) in [5, 5.41) is 8.01. The van der Waals surface area contributed by atoms with Crippen molar-refractivity contribution in [2.24, 2.45) is 0 Å². The Hall–Kier alpha value is -1.51. The number of hydrogen-bond donors (Lipinski definition) is 1. The third-order valence-electron chi connectivity index (χ3n) is 3.72. The molecule has 0 aromatic heterocycles. The van der Waals surface area contributed by atoms with Crippen LogP contribution in [0.3, 0.4) is 0 Å². The summed E-state index contributed by atoms with van der Waals surface area (Å²) in [7, 11) is 0. The van der Waals surface area contributed by atoms with Crippen LogP contribution in [-0.2, 0) is 0 Å². The maximum atomic E-state index is 8.01. The van der Waals surface area contributed by atoms with Crippen molar-refractivity contribution in [2.75, 3.05) is 6.61 Å². The Kier molecular flexibility index (Phi) is 2.98. The lowest BCUT2D eigenvalue weighted by molar-refractivity contribution is 0.194. The summed E-state index contributed by atoms with van der Waals surface area (Å²) < 4.78 is 11.8. The molecule has 0 spiro atoms. The normalized spacial score (nSPS) is 19.5. The van der Waals surface area contributed by atoms with Crippen LogP contribution in [0.1, 0.15) is 43.2 Å². The topological polar surface area (TPSA) is 42.3 Å². The molecule has 96 valence electrons. The number of nitrogens with one attached hydrogen (secondary N) is 1. The van der Waals surface area contributed by atoms with Gasteiger partial charge in [-0.2, -0.15) is 0 Å². The maximum Gasteiger partial charge on any atom is 0.170 e. The van der Waals surface area contributed by atoms with Crippen LogP contribution in [0.15, 0.2) is 12.1 Å². The molecule has 0 bridgehead atoms. The number of ether oxygens (including phenoxy) is 2. The lowest BCUT2D eigenvalue weighted by Crippen LogP contribution is -2.18. The van der Waals surface area contributed by atoms with Crippen molar-refractivity contribution in [3.63, 3.8) is 0 Å². The largest absolute Gasteiger partial charge is 0.489 e. The van der Waals surface area contributed by atoms with E-state index in [1.807, 2.05) is 19.1 Å². The predicted molar refractivity (Wildman–Crippen MR) is 71.0 cm³/mol. The Bertz CT molecular complexity index is 476. The molecule has 18 heavy (non-hydrogen) atoms. The van der Waals surface area contributed by atoms with Crippen molar-refractivity contribution < 1.29 is 9.47 Å². The zero-order valence-corrected chi connectivity index (χ0v) is 10.8. The second kappa shape index (κ2) is 4.63. The molecule has 3 heteroatoms. The van der Waals surface area contributed by atoms with E-state index in [0.717, 1.165) is 35.5 Å². The first kappa shape index (κ1) is 11.6. The quantitative estimate of drug-likeness (QED) is 0.867. The summed E-state index contributed by atoms with van der Waals surface area (Å²) in [6.45, 7) is 2.64. The first-order valence-electron chi connectivity index (χ1n) is 6.76. The average Bonchev–Trinajstić information content (AvgIpc) is 2.83. The van der Waals surface area contributed by atoms with Crippen molar-refractivity contribution in [2.45, 2.75) is 45.1 Å². The Labute approximate surface area is 108 Å². The summed E-state index contributed by atoms with van der Waals surface area (Å²) in [6, 6.07) is 4.06. The van der Waals surface area contributed by atoms with E-state index in [4.69, 9.17) is 14.9 Å². The first-order valence-corrected chi connectivity index (χ1v) is 6.76. The fraction of sp³-hybridized carbons (Fsp3) is 0.533. The molecular formula is C15H19NO2. The standard InChI is InChI=1S/C15H19NO2/c1-10-8-12-13(16)6-7-17-15(12)14(9-10)18-11-4-2-3-5-11/h8-9,11,16H,2-7H2,1H3. The molecule has 0 saturated heterocycles. The van der Waals surface area contributed by atoms with Crippen LogP contribution in [0, 0.1) is 12.3 Å². The number of fused-ring (bicyclic) bond motifs is 1. The summed E-state index contributed by atoms with van der Waals surface area (Å²) >= 11 is 0. The second-order valence-electron chi connectivity index (χ2n) is 5.24. The van der Waals surface area contributed by atoms with Crippen LogP contribution < -0.4 is 9.47 Å². The van der Waals surface area contributed by atoms with Crippen molar-refractivity contribution >= 4 is 5.71 Å². The van der Waals surface area contributed by atoms with Gasteiger partial charge in [-0.25, -0.2) is 0 Å². The number of rotatable bonds is 2. The zero-order valence-electron chi connectivity index (χ0n) is 10.8. The van der Waals surface area contributed by atoms with E-state index >= 15 is 0 Å². The molecule has 1 fully saturated rings. The zero-order chi connectivity index (χ0) is 12.5. The third kappa shape index (κ3) is 2.09. The Balaban J connectivity index is 1.94. The Morgan fingerprint density at radius 1 is 1.28 bits per heavy atom. The molecule has 1 aliphatic carbocycles. The average molecular weight is 245 g/mol. The van der Waals surface area contributed by atoms with Crippen LogP contribution >= 0.6 is 0 Å². The van der Waals surface area contributed by atoms with Gasteiger partial charge < -0.3 is 14.9 Å². The Morgan fingerprint density at radius 3 is 2.83 bits per heavy atom. The van der Waals surface area contributed by atoms with Gasteiger partial charge in [0.2, 0.25) is 0 Å². The van der Waals surface area contributed by atoms with E-state index in [1.165, 1.54) is 12.8 Å². The SMILES string of the molecule is Cc1cc(OC2CCCC2)c2c(c1)C(=N)CCO2. The van der Waals surface area contributed by atoms with Gasteiger partial charge in [-0.1, -0.05) is 0 Å². The van der Waals surface area contributed by atoms with E-state index < -0.39 is 0 Å². The van der Waals surface area contributed by atoms with Crippen LogP contribution in [0.25, 0.3) is 0 Å². The smallest absolute Gasteiger partial charge is 0.170 e.